The first-order chi connectivity index (χ1) is 15.4. The first kappa shape index (κ1) is 21.3. The predicted molar refractivity (Wildman–Crippen MR) is 118 cm³/mol. The van der Waals surface area contributed by atoms with Crippen LogP contribution in [0.15, 0.2) is 30.5 Å². The fourth-order valence-corrected chi connectivity index (χ4v) is 5.62. The smallest absolute Gasteiger partial charge is 0.294 e. The van der Waals surface area contributed by atoms with Crippen LogP contribution >= 0.6 is 11.3 Å². The molecule has 0 saturated carbocycles. The molecule has 2 aliphatic rings. The van der Waals surface area contributed by atoms with Gasteiger partial charge in [0.15, 0.2) is 11.2 Å². The van der Waals surface area contributed by atoms with Crippen molar-refractivity contribution in [1.82, 2.24) is 24.9 Å². The lowest BCUT2D eigenvalue weighted by molar-refractivity contribution is -0.123. The summed E-state index contributed by atoms with van der Waals surface area (Å²) < 4.78 is 28.6. The standard InChI is InChI=1S/C22H26FN5O3S/c1-12-8-9-28(26-12)14-4-6-15(16(29)10-14)21-24-25-22(32-21)31-18-11-13-5-7-17(30-3)20(19(18)23)27(13)2/h4,6,8-10,13,17-20,29H,5,7,11H2,1-3H3. The number of alkyl halides is 1. The number of phenols is 1. The third-order valence-corrected chi connectivity index (χ3v) is 7.40. The number of nitrogens with zero attached hydrogens (tertiary/aromatic N) is 5. The topological polar surface area (TPSA) is 85.5 Å². The van der Waals surface area contributed by atoms with Gasteiger partial charge in [0, 0.05) is 31.8 Å². The van der Waals surface area contributed by atoms with Crippen LogP contribution in [-0.2, 0) is 4.74 Å². The van der Waals surface area contributed by atoms with E-state index in [9.17, 15) is 5.11 Å². The second kappa shape index (κ2) is 8.42. The van der Waals surface area contributed by atoms with Gasteiger partial charge in [0.05, 0.1) is 29.1 Å². The first-order valence-corrected chi connectivity index (χ1v) is 11.5. The van der Waals surface area contributed by atoms with Crippen molar-refractivity contribution in [3.63, 3.8) is 0 Å². The Morgan fingerprint density at radius 1 is 1.19 bits per heavy atom. The van der Waals surface area contributed by atoms with Crippen LogP contribution in [0.2, 0.25) is 0 Å². The molecule has 1 aromatic carbocycles. The summed E-state index contributed by atoms with van der Waals surface area (Å²) in [6.07, 6.45) is 2.33. The Balaban J connectivity index is 1.33. The molecule has 2 aromatic heterocycles. The number of halogens is 1. The Labute approximate surface area is 189 Å². The molecule has 3 aromatic rings. The van der Waals surface area contributed by atoms with Crippen LogP contribution in [-0.4, -0.2) is 74.6 Å². The van der Waals surface area contributed by atoms with Crippen LogP contribution in [0.25, 0.3) is 16.3 Å². The minimum Gasteiger partial charge on any atom is -0.507 e. The highest BCUT2D eigenvalue weighted by Crippen LogP contribution is 2.39. The highest BCUT2D eigenvalue weighted by molar-refractivity contribution is 7.16. The van der Waals surface area contributed by atoms with Crippen molar-refractivity contribution in [2.24, 2.45) is 0 Å². The molecule has 2 aliphatic heterocycles. The summed E-state index contributed by atoms with van der Waals surface area (Å²) in [5.74, 6) is 0.0680. The van der Waals surface area contributed by atoms with Crippen molar-refractivity contribution in [3.8, 4) is 27.2 Å². The molecule has 170 valence electrons. The number of fused-ring (bicyclic) bond motifs is 2. The normalized spacial score (nSPS) is 28.1. The summed E-state index contributed by atoms with van der Waals surface area (Å²) >= 11 is 1.20. The number of hydrogen-bond acceptors (Lipinski definition) is 8. The van der Waals surface area contributed by atoms with Gasteiger partial charge in [0.1, 0.15) is 11.9 Å². The van der Waals surface area contributed by atoms with Gasteiger partial charge >= 0.3 is 0 Å². The molecule has 5 atom stereocenters. The average molecular weight is 460 g/mol. The third kappa shape index (κ3) is 3.76. The number of likely N-dealkylation sites (N-methyl/N-ethyl adjacent to an activating group) is 1. The first-order valence-electron chi connectivity index (χ1n) is 10.7. The maximum Gasteiger partial charge on any atom is 0.294 e. The van der Waals surface area contributed by atoms with Crippen LogP contribution in [0, 0.1) is 6.92 Å². The zero-order valence-electron chi connectivity index (χ0n) is 18.2. The van der Waals surface area contributed by atoms with Crippen molar-refractivity contribution in [2.45, 2.75) is 56.6 Å². The largest absolute Gasteiger partial charge is 0.507 e. The Hall–Kier alpha value is -2.56. The van der Waals surface area contributed by atoms with E-state index in [-0.39, 0.29) is 23.9 Å². The number of rotatable bonds is 5. The summed E-state index contributed by atoms with van der Waals surface area (Å²) in [6, 6.07) is 7.08. The maximum atomic E-state index is 15.4. The monoisotopic (exact) mass is 459 g/mol. The lowest BCUT2D eigenvalue weighted by Crippen LogP contribution is -2.64. The Kier molecular flexibility index (Phi) is 5.60. The van der Waals surface area contributed by atoms with E-state index in [1.807, 2.05) is 32.3 Å². The van der Waals surface area contributed by atoms with Gasteiger partial charge in [0.25, 0.3) is 5.19 Å². The second-order valence-corrected chi connectivity index (χ2v) is 9.41. The highest BCUT2D eigenvalue weighted by atomic mass is 32.1. The minimum absolute atomic E-state index is 0.0680. The quantitative estimate of drug-likeness (QED) is 0.626. The number of piperidine rings is 2. The van der Waals surface area contributed by atoms with Crippen molar-refractivity contribution in [1.29, 1.82) is 0 Å². The van der Waals surface area contributed by atoms with Crippen molar-refractivity contribution >= 4 is 11.3 Å². The summed E-state index contributed by atoms with van der Waals surface area (Å²) in [7, 11) is 3.60. The Morgan fingerprint density at radius 3 is 2.75 bits per heavy atom. The summed E-state index contributed by atoms with van der Waals surface area (Å²) in [4.78, 5) is 2.09. The van der Waals surface area contributed by atoms with Crippen molar-refractivity contribution in [3.05, 3.63) is 36.2 Å². The van der Waals surface area contributed by atoms with E-state index < -0.39 is 12.3 Å². The predicted octanol–water partition coefficient (Wildman–Crippen LogP) is 3.37. The number of methoxy groups -OCH3 is 1. The van der Waals surface area contributed by atoms with Gasteiger partial charge in [-0.3, -0.25) is 4.90 Å². The molecule has 5 rings (SSSR count). The highest BCUT2D eigenvalue weighted by Gasteiger charge is 2.49. The molecule has 10 heteroatoms. The van der Waals surface area contributed by atoms with E-state index in [0.29, 0.717) is 22.2 Å². The number of hydrogen-bond donors (Lipinski definition) is 1. The molecule has 2 fully saturated rings. The van der Waals surface area contributed by atoms with Crippen molar-refractivity contribution < 1.29 is 19.0 Å². The number of aromatic hydroxyl groups is 1. The van der Waals surface area contributed by atoms with Crippen LogP contribution in [0.1, 0.15) is 25.0 Å². The van der Waals surface area contributed by atoms with Gasteiger partial charge in [0.2, 0.25) is 0 Å². The molecule has 1 N–H and O–H groups in total. The van der Waals surface area contributed by atoms with Crippen LogP contribution in [0.5, 0.6) is 10.9 Å². The maximum absolute atomic E-state index is 15.4. The number of benzene rings is 1. The molecule has 2 bridgehead atoms. The molecule has 0 spiro atoms. The number of aryl methyl sites for hydroxylation is 1. The van der Waals surface area contributed by atoms with E-state index in [1.165, 1.54) is 11.3 Å². The molecule has 2 saturated heterocycles. The van der Waals surface area contributed by atoms with Gasteiger partial charge in [-0.05, 0) is 45.0 Å². The van der Waals surface area contributed by atoms with Crippen LogP contribution in [0.3, 0.4) is 0 Å². The zero-order chi connectivity index (χ0) is 22.4. The molecule has 0 aliphatic carbocycles. The van der Waals surface area contributed by atoms with E-state index in [4.69, 9.17) is 9.47 Å². The summed E-state index contributed by atoms with van der Waals surface area (Å²) in [6.45, 7) is 1.91. The van der Waals surface area contributed by atoms with Crippen molar-refractivity contribution in [2.75, 3.05) is 14.2 Å². The van der Waals surface area contributed by atoms with Gasteiger partial charge in [-0.2, -0.15) is 5.10 Å². The molecule has 4 heterocycles. The second-order valence-electron chi connectivity index (χ2n) is 8.47. The van der Waals surface area contributed by atoms with E-state index in [0.717, 1.165) is 24.2 Å². The Bertz CT molecular complexity index is 1100. The third-order valence-electron chi connectivity index (χ3n) is 6.56. The lowest BCUT2D eigenvalue weighted by atomic mass is 9.80. The molecular formula is C22H26FN5O3S. The van der Waals surface area contributed by atoms with Gasteiger partial charge in [-0.1, -0.05) is 16.4 Å². The molecule has 32 heavy (non-hydrogen) atoms. The zero-order valence-corrected chi connectivity index (χ0v) is 19.0. The fraction of sp³-hybridized carbons (Fsp3) is 0.500. The molecule has 8 nitrogen and oxygen atoms in total. The van der Waals surface area contributed by atoms with E-state index >= 15 is 4.39 Å². The fourth-order valence-electron chi connectivity index (χ4n) is 4.84. The average Bonchev–Trinajstić information content (AvgIpc) is 3.41. The molecule has 0 radical (unpaired) electrons. The number of phenolic OH excluding ortho intramolecular Hbond substituents is 1. The minimum atomic E-state index is -1.18. The number of aromatic nitrogens is 4. The molecular weight excluding hydrogens is 433 g/mol. The van der Waals surface area contributed by atoms with Gasteiger partial charge in [-0.15, -0.1) is 5.10 Å². The summed E-state index contributed by atoms with van der Waals surface area (Å²) in [5, 5.41) is 24.0. The van der Waals surface area contributed by atoms with Gasteiger partial charge < -0.3 is 14.6 Å². The van der Waals surface area contributed by atoms with Gasteiger partial charge in [-0.25, -0.2) is 9.07 Å². The van der Waals surface area contributed by atoms with Crippen LogP contribution < -0.4 is 4.74 Å². The lowest BCUT2D eigenvalue weighted by Gasteiger charge is -2.51. The Morgan fingerprint density at radius 2 is 2.03 bits per heavy atom. The summed E-state index contributed by atoms with van der Waals surface area (Å²) in [5.41, 5.74) is 2.17. The SMILES string of the molecule is COC1CCC2CC(Oc3nnc(-c4ccc(-n5ccc(C)n5)cc4O)s3)C(F)C1N2C. The van der Waals surface area contributed by atoms with Crippen LogP contribution in [0.4, 0.5) is 4.39 Å². The molecule has 0 amide bonds. The molecule has 5 unspecified atom stereocenters. The number of ether oxygens (including phenoxy) is 2. The van der Waals surface area contributed by atoms with E-state index in [2.05, 4.69) is 20.2 Å². The van der Waals surface area contributed by atoms with E-state index in [1.54, 1.807) is 23.9 Å².